The van der Waals surface area contributed by atoms with Gasteiger partial charge in [-0.15, -0.1) is 0 Å². The van der Waals surface area contributed by atoms with E-state index >= 15 is 0 Å². The van der Waals surface area contributed by atoms with Gasteiger partial charge in [-0.25, -0.2) is 18.0 Å². The topological polar surface area (TPSA) is 84.5 Å². The fraction of sp³-hybridized carbons (Fsp3) is 0.250. The smallest absolute Gasteiger partial charge is 0.355 e. The molecule has 0 aliphatic heterocycles. The largest absolute Gasteiger partial charge is 0.417 e. The second kappa shape index (κ2) is 7.03. The number of nitrogens with one attached hydrogen (secondary N) is 2. The fourth-order valence-corrected chi connectivity index (χ4v) is 1.39. The third kappa shape index (κ3) is 4.14. The Morgan fingerprint density at radius 2 is 1.13 bits per heavy atom. The third-order valence-corrected chi connectivity index (χ3v) is 2.30. The molecule has 0 bridgehead atoms. The Morgan fingerprint density at radius 3 is 1.48 bits per heavy atom. The first-order chi connectivity index (χ1) is 10.6. The number of esters is 1. The van der Waals surface area contributed by atoms with E-state index in [0.717, 1.165) is 13.8 Å². The molecule has 0 saturated carbocycles. The highest BCUT2D eigenvalue weighted by molar-refractivity contribution is 5.88. The summed E-state index contributed by atoms with van der Waals surface area (Å²) in [4.78, 5) is 33.5. The summed E-state index contributed by atoms with van der Waals surface area (Å²) in [6.07, 6.45) is -1.89. The molecule has 1 aromatic rings. The van der Waals surface area contributed by atoms with Crippen LogP contribution in [0.5, 0.6) is 5.75 Å². The van der Waals surface area contributed by atoms with E-state index in [-0.39, 0.29) is 0 Å². The predicted octanol–water partition coefficient (Wildman–Crippen LogP) is 0.886. The van der Waals surface area contributed by atoms with Crippen LogP contribution in [0, 0.1) is 29.1 Å². The van der Waals surface area contributed by atoms with Gasteiger partial charge < -0.3 is 15.4 Å². The van der Waals surface area contributed by atoms with Crippen molar-refractivity contribution in [1.29, 1.82) is 0 Å². The van der Waals surface area contributed by atoms with Gasteiger partial charge in [0.05, 0.1) is 0 Å². The monoisotopic (exact) mass is 340 g/mol. The summed E-state index contributed by atoms with van der Waals surface area (Å²) in [6, 6.07) is 0. The van der Waals surface area contributed by atoms with Gasteiger partial charge >= 0.3 is 5.97 Å². The number of benzene rings is 1. The lowest BCUT2D eigenvalue weighted by atomic mass is 10.2. The summed E-state index contributed by atoms with van der Waals surface area (Å²) in [5.74, 6) is -17.0. The van der Waals surface area contributed by atoms with E-state index in [9.17, 15) is 36.3 Å². The second-order valence-electron chi connectivity index (χ2n) is 4.15. The SMILES string of the molecule is CC(=O)NC(NC(C)=O)C(=O)Oc1c(F)c(F)c(F)c(F)c1F. The molecule has 0 aromatic heterocycles. The minimum Gasteiger partial charge on any atom is -0.417 e. The van der Waals surface area contributed by atoms with E-state index in [2.05, 4.69) is 4.74 Å². The Balaban J connectivity index is 3.17. The van der Waals surface area contributed by atoms with Gasteiger partial charge in [0, 0.05) is 13.8 Å². The van der Waals surface area contributed by atoms with Crippen molar-refractivity contribution in [2.75, 3.05) is 0 Å². The molecule has 2 amide bonds. The van der Waals surface area contributed by atoms with Crippen LogP contribution in [0.4, 0.5) is 22.0 Å². The lowest BCUT2D eigenvalue weighted by Gasteiger charge is -2.17. The summed E-state index contributed by atoms with van der Waals surface area (Å²) in [7, 11) is 0. The second-order valence-corrected chi connectivity index (χ2v) is 4.15. The maximum Gasteiger partial charge on any atom is 0.355 e. The molecule has 0 saturated heterocycles. The van der Waals surface area contributed by atoms with Crippen LogP contribution in [0.25, 0.3) is 0 Å². The molecule has 0 spiro atoms. The van der Waals surface area contributed by atoms with Crippen molar-refractivity contribution in [1.82, 2.24) is 10.6 Å². The van der Waals surface area contributed by atoms with Crippen LogP contribution >= 0.6 is 0 Å². The Hall–Kier alpha value is -2.72. The highest BCUT2D eigenvalue weighted by atomic mass is 19.2. The van der Waals surface area contributed by atoms with Crippen LogP contribution in [0.3, 0.4) is 0 Å². The number of hydrogen-bond acceptors (Lipinski definition) is 4. The van der Waals surface area contributed by atoms with Crippen LogP contribution in [0.2, 0.25) is 0 Å². The summed E-state index contributed by atoms with van der Waals surface area (Å²) in [6.45, 7) is 1.89. The van der Waals surface area contributed by atoms with Gasteiger partial charge in [-0.1, -0.05) is 0 Å². The minimum atomic E-state index is -2.43. The maximum absolute atomic E-state index is 13.4. The number of carbonyl (C=O) groups excluding carboxylic acids is 3. The zero-order valence-corrected chi connectivity index (χ0v) is 11.6. The molecule has 126 valence electrons. The Morgan fingerprint density at radius 1 is 0.783 bits per heavy atom. The predicted molar refractivity (Wildman–Crippen MR) is 63.3 cm³/mol. The number of hydrogen-bond donors (Lipinski definition) is 2. The van der Waals surface area contributed by atoms with E-state index < -0.39 is 58.8 Å². The quantitative estimate of drug-likeness (QED) is 0.213. The summed E-state index contributed by atoms with van der Waals surface area (Å²) in [5, 5.41) is 3.72. The normalized spacial score (nSPS) is 10.4. The fourth-order valence-electron chi connectivity index (χ4n) is 1.39. The van der Waals surface area contributed by atoms with Gasteiger partial charge in [-0.3, -0.25) is 9.59 Å². The number of ether oxygens (including phenoxy) is 1. The van der Waals surface area contributed by atoms with Gasteiger partial charge in [-0.2, -0.15) is 8.78 Å². The van der Waals surface area contributed by atoms with Crippen molar-refractivity contribution < 1.29 is 41.1 Å². The Kier molecular flexibility index (Phi) is 5.60. The Labute approximate surface area is 125 Å². The van der Waals surface area contributed by atoms with E-state index in [1.54, 1.807) is 0 Å². The molecule has 23 heavy (non-hydrogen) atoms. The van der Waals surface area contributed by atoms with Gasteiger partial charge in [-0.05, 0) is 0 Å². The molecule has 0 fully saturated rings. The van der Waals surface area contributed by atoms with Crippen molar-refractivity contribution >= 4 is 17.8 Å². The molecule has 1 rings (SSSR count). The highest BCUT2D eigenvalue weighted by Gasteiger charge is 2.31. The first-order valence-corrected chi connectivity index (χ1v) is 5.83. The molecule has 0 aliphatic rings. The van der Waals surface area contributed by atoms with E-state index in [0.29, 0.717) is 0 Å². The maximum atomic E-state index is 13.4. The number of carbonyl (C=O) groups is 3. The molecule has 0 unspecified atom stereocenters. The number of rotatable bonds is 4. The van der Waals surface area contributed by atoms with Crippen molar-refractivity contribution in [2.45, 2.75) is 20.0 Å². The first kappa shape index (κ1) is 18.3. The van der Waals surface area contributed by atoms with Crippen molar-refractivity contribution in [2.24, 2.45) is 0 Å². The molecule has 0 radical (unpaired) electrons. The zero-order valence-electron chi connectivity index (χ0n) is 11.6. The van der Waals surface area contributed by atoms with Gasteiger partial charge in [0.2, 0.25) is 52.8 Å². The van der Waals surface area contributed by atoms with E-state index in [1.807, 2.05) is 10.6 Å². The van der Waals surface area contributed by atoms with E-state index in [1.165, 1.54) is 0 Å². The van der Waals surface area contributed by atoms with Gasteiger partial charge in [0.15, 0.2) is 0 Å². The Bertz CT molecular complexity index is 635. The van der Waals surface area contributed by atoms with Crippen LogP contribution in [-0.4, -0.2) is 23.9 Å². The first-order valence-electron chi connectivity index (χ1n) is 5.83. The highest BCUT2D eigenvalue weighted by Crippen LogP contribution is 2.29. The van der Waals surface area contributed by atoms with Gasteiger partial charge in [0.1, 0.15) is 0 Å². The lowest BCUT2D eigenvalue weighted by Crippen LogP contribution is -2.53. The average Bonchev–Trinajstić information content (AvgIpc) is 2.45. The average molecular weight is 340 g/mol. The molecular formula is C12H9F5N2O4. The molecule has 11 heteroatoms. The molecule has 0 atom stereocenters. The molecule has 1 aromatic carbocycles. The zero-order chi connectivity index (χ0) is 17.9. The molecular weight excluding hydrogens is 331 g/mol. The van der Waals surface area contributed by atoms with Crippen molar-refractivity contribution in [3.8, 4) is 5.75 Å². The molecule has 6 nitrogen and oxygen atoms in total. The van der Waals surface area contributed by atoms with Crippen molar-refractivity contribution in [3.63, 3.8) is 0 Å². The molecule has 0 aliphatic carbocycles. The third-order valence-electron chi connectivity index (χ3n) is 2.30. The summed E-state index contributed by atoms with van der Waals surface area (Å²) < 4.78 is 69.7. The van der Waals surface area contributed by atoms with Crippen molar-refractivity contribution in [3.05, 3.63) is 29.1 Å². The standard InChI is InChI=1S/C12H9F5N2O4/c1-3(20)18-11(19-4(2)21)12(22)23-10-8(16)6(14)5(13)7(15)9(10)17/h11H,1-2H3,(H,18,20)(H,19,21). The van der Waals surface area contributed by atoms with Gasteiger partial charge in [0.25, 0.3) is 0 Å². The van der Waals surface area contributed by atoms with Crippen LogP contribution in [0.15, 0.2) is 0 Å². The summed E-state index contributed by atoms with van der Waals surface area (Å²) >= 11 is 0. The van der Waals surface area contributed by atoms with Crippen LogP contribution in [-0.2, 0) is 14.4 Å². The summed E-state index contributed by atoms with van der Waals surface area (Å²) in [5.41, 5.74) is 0. The molecule has 0 heterocycles. The lowest BCUT2D eigenvalue weighted by molar-refractivity contribution is -0.142. The van der Waals surface area contributed by atoms with Crippen LogP contribution < -0.4 is 15.4 Å². The molecule has 2 N–H and O–H groups in total. The van der Waals surface area contributed by atoms with Crippen LogP contribution in [0.1, 0.15) is 13.8 Å². The van der Waals surface area contributed by atoms with E-state index in [4.69, 9.17) is 0 Å². The minimum absolute atomic E-state index is 0.835. The number of halogens is 5. The number of amides is 2.